The summed E-state index contributed by atoms with van der Waals surface area (Å²) in [5.74, 6) is 0.659. The number of benzene rings is 1. The van der Waals surface area contributed by atoms with E-state index in [1.165, 1.54) is 0 Å². The van der Waals surface area contributed by atoms with Crippen molar-refractivity contribution in [3.05, 3.63) is 29.7 Å². The van der Waals surface area contributed by atoms with Crippen LogP contribution in [0.1, 0.15) is 31.3 Å². The summed E-state index contributed by atoms with van der Waals surface area (Å²) in [6, 6.07) is 6.12. The molecule has 2 aromatic rings. The number of aryl methyl sites for hydroxylation is 1. The first-order chi connectivity index (χ1) is 9.04. The van der Waals surface area contributed by atoms with Crippen LogP contribution in [0, 0.1) is 6.92 Å². The van der Waals surface area contributed by atoms with E-state index in [0.29, 0.717) is 12.4 Å². The van der Waals surface area contributed by atoms with Gasteiger partial charge in [0.05, 0.1) is 6.04 Å². The lowest BCUT2D eigenvalue weighted by Gasteiger charge is -2.18. The van der Waals surface area contributed by atoms with Gasteiger partial charge in [-0.1, -0.05) is 6.07 Å². The molecule has 5 heteroatoms. The van der Waals surface area contributed by atoms with E-state index in [1.54, 1.807) is 0 Å². The minimum absolute atomic E-state index is 0.00570. The Kier molecular flexibility index (Phi) is 2.69. The molecule has 0 saturated carbocycles. The van der Waals surface area contributed by atoms with Crippen molar-refractivity contribution in [3.63, 3.8) is 0 Å². The van der Waals surface area contributed by atoms with Gasteiger partial charge in [0.2, 0.25) is 0 Å². The second-order valence-electron chi connectivity index (χ2n) is 5.21. The lowest BCUT2D eigenvalue weighted by Crippen LogP contribution is -2.33. The molecule has 100 valence electrons. The largest absolute Gasteiger partial charge is 0.441 e. The van der Waals surface area contributed by atoms with E-state index in [-0.39, 0.29) is 18.1 Å². The molecule has 1 saturated heterocycles. The van der Waals surface area contributed by atoms with E-state index >= 15 is 0 Å². The Morgan fingerprint density at radius 3 is 2.95 bits per heavy atom. The summed E-state index contributed by atoms with van der Waals surface area (Å²) in [6.45, 7) is 6.56. The zero-order valence-electron chi connectivity index (χ0n) is 11.3. The third-order valence-electron chi connectivity index (χ3n) is 3.48. The number of oxazole rings is 1. The van der Waals surface area contributed by atoms with Crippen molar-refractivity contribution >= 4 is 17.1 Å². The van der Waals surface area contributed by atoms with Crippen LogP contribution in [0.25, 0.3) is 11.1 Å². The Morgan fingerprint density at radius 2 is 2.26 bits per heavy atom. The summed E-state index contributed by atoms with van der Waals surface area (Å²) in [4.78, 5) is 18.0. The zero-order valence-corrected chi connectivity index (χ0v) is 11.3. The number of carbonyl (C=O) groups excluding carboxylic acids is 1. The van der Waals surface area contributed by atoms with Crippen molar-refractivity contribution < 1.29 is 9.21 Å². The molecule has 5 nitrogen and oxygen atoms in total. The fraction of sp³-hybridized carbons (Fsp3) is 0.429. The average molecular weight is 259 g/mol. The highest BCUT2D eigenvalue weighted by Crippen LogP contribution is 2.25. The van der Waals surface area contributed by atoms with E-state index in [2.05, 4.69) is 10.3 Å². The van der Waals surface area contributed by atoms with Crippen molar-refractivity contribution in [2.24, 2.45) is 0 Å². The van der Waals surface area contributed by atoms with Crippen LogP contribution >= 0.6 is 0 Å². The molecule has 2 amide bonds. The molecule has 0 spiro atoms. The van der Waals surface area contributed by atoms with Crippen LogP contribution in [0.4, 0.5) is 4.79 Å². The Bertz CT molecular complexity index is 633. The van der Waals surface area contributed by atoms with Gasteiger partial charge >= 0.3 is 6.03 Å². The lowest BCUT2D eigenvalue weighted by molar-refractivity contribution is 0.206. The number of rotatable bonds is 2. The SMILES string of the molecule is Cc1nc2ccc(C3CN(C(C)C)C(=O)N3)cc2o1. The van der Waals surface area contributed by atoms with Crippen molar-refractivity contribution in [3.8, 4) is 0 Å². The van der Waals surface area contributed by atoms with Crippen LogP contribution in [0.5, 0.6) is 0 Å². The first-order valence-electron chi connectivity index (χ1n) is 6.49. The standard InChI is InChI=1S/C14H17N3O2/c1-8(2)17-7-12(16-14(17)18)10-4-5-11-13(6-10)19-9(3)15-11/h4-6,8,12H,7H2,1-3H3,(H,16,18). The summed E-state index contributed by atoms with van der Waals surface area (Å²) in [7, 11) is 0. The number of amides is 2. The molecule has 0 radical (unpaired) electrons. The quantitative estimate of drug-likeness (QED) is 0.901. The number of nitrogens with one attached hydrogen (secondary N) is 1. The molecule has 1 aromatic carbocycles. The molecule has 2 heterocycles. The van der Waals surface area contributed by atoms with E-state index < -0.39 is 0 Å². The molecule has 1 aliphatic heterocycles. The van der Waals surface area contributed by atoms with E-state index in [1.807, 2.05) is 43.9 Å². The smallest absolute Gasteiger partial charge is 0.318 e. The van der Waals surface area contributed by atoms with Gasteiger partial charge in [0.15, 0.2) is 11.5 Å². The predicted molar refractivity (Wildman–Crippen MR) is 71.9 cm³/mol. The van der Waals surface area contributed by atoms with Crippen LogP contribution in [-0.2, 0) is 0 Å². The minimum Gasteiger partial charge on any atom is -0.441 e. The normalized spacial score (nSPS) is 19.5. The van der Waals surface area contributed by atoms with Crippen molar-refractivity contribution in [1.29, 1.82) is 0 Å². The van der Waals surface area contributed by atoms with Crippen LogP contribution in [-0.4, -0.2) is 28.5 Å². The van der Waals surface area contributed by atoms with Gasteiger partial charge in [-0.25, -0.2) is 9.78 Å². The molecular formula is C14H17N3O2. The Balaban J connectivity index is 1.90. The van der Waals surface area contributed by atoms with Gasteiger partial charge in [0.25, 0.3) is 0 Å². The number of urea groups is 1. The topological polar surface area (TPSA) is 58.4 Å². The molecule has 19 heavy (non-hydrogen) atoms. The van der Waals surface area contributed by atoms with Crippen LogP contribution in [0.3, 0.4) is 0 Å². The van der Waals surface area contributed by atoms with Gasteiger partial charge in [-0.3, -0.25) is 0 Å². The molecule has 0 aliphatic carbocycles. The maximum absolute atomic E-state index is 11.8. The van der Waals surface area contributed by atoms with Crippen molar-refractivity contribution in [2.45, 2.75) is 32.9 Å². The van der Waals surface area contributed by atoms with E-state index in [0.717, 1.165) is 16.7 Å². The Hall–Kier alpha value is -2.04. The summed E-state index contributed by atoms with van der Waals surface area (Å²) in [5.41, 5.74) is 2.68. The monoisotopic (exact) mass is 259 g/mol. The molecule has 0 bridgehead atoms. The van der Waals surface area contributed by atoms with Gasteiger partial charge in [-0.2, -0.15) is 0 Å². The Morgan fingerprint density at radius 1 is 1.47 bits per heavy atom. The number of hydrogen-bond donors (Lipinski definition) is 1. The minimum atomic E-state index is -0.00570. The number of fused-ring (bicyclic) bond motifs is 1. The van der Waals surface area contributed by atoms with Crippen molar-refractivity contribution in [2.75, 3.05) is 6.54 Å². The van der Waals surface area contributed by atoms with Gasteiger partial charge in [0, 0.05) is 19.5 Å². The number of hydrogen-bond acceptors (Lipinski definition) is 3. The molecular weight excluding hydrogens is 242 g/mol. The fourth-order valence-corrected chi connectivity index (χ4v) is 2.46. The van der Waals surface area contributed by atoms with Crippen LogP contribution in [0.15, 0.2) is 22.6 Å². The van der Waals surface area contributed by atoms with Crippen LogP contribution < -0.4 is 5.32 Å². The second-order valence-corrected chi connectivity index (χ2v) is 5.21. The second kappa shape index (κ2) is 4.26. The summed E-state index contributed by atoms with van der Waals surface area (Å²) in [6.07, 6.45) is 0. The highest BCUT2D eigenvalue weighted by atomic mass is 16.3. The first kappa shape index (κ1) is 12.0. The fourth-order valence-electron chi connectivity index (χ4n) is 2.46. The highest BCUT2D eigenvalue weighted by Gasteiger charge is 2.31. The van der Waals surface area contributed by atoms with Crippen LogP contribution in [0.2, 0.25) is 0 Å². The molecule has 1 aromatic heterocycles. The summed E-state index contributed by atoms with van der Waals surface area (Å²) < 4.78 is 5.53. The van der Waals surface area contributed by atoms with Gasteiger partial charge < -0.3 is 14.6 Å². The number of carbonyl (C=O) groups is 1. The number of aromatic nitrogens is 1. The molecule has 1 unspecified atom stereocenters. The Labute approximate surface area is 111 Å². The highest BCUT2D eigenvalue weighted by molar-refractivity contribution is 5.78. The maximum atomic E-state index is 11.8. The summed E-state index contributed by atoms with van der Waals surface area (Å²) >= 11 is 0. The molecule has 1 aliphatic rings. The lowest BCUT2D eigenvalue weighted by atomic mass is 10.1. The predicted octanol–water partition coefficient (Wildman–Crippen LogP) is 2.61. The van der Waals surface area contributed by atoms with Crippen molar-refractivity contribution in [1.82, 2.24) is 15.2 Å². The number of nitrogens with zero attached hydrogens (tertiary/aromatic N) is 2. The van der Waals surface area contributed by atoms with E-state index in [4.69, 9.17) is 4.42 Å². The molecule has 3 rings (SSSR count). The average Bonchev–Trinajstić information content (AvgIpc) is 2.89. The maximum Gasteiger partial charge on any atom is 0.318 e. The molecule has 1 fully saturated rings. The van der Waals surface area contributed by atoms with Gasteiger partial charge in [-0.15, -0.1) is 0 Å². The van der Waals surface area contributed by atoms with Gasteiger partial charge in [-0.05, 0) is 31.5 Å². The first-order valence-corrected chi connectivity index (χ1v) is 6.49. The third-order valence-corrected chi connectivity index (χ3v) is 3.48. The zero-order chi connectivity index (χ0) is 13.6. The molecule has 1 N–H and O–H groups in total. The van der Waals surface area contributed by atoms with Gasteiger partial charge in [0.1, 0.15) is 5.52 Å². The molecule has 1 atom stereocenters. The summed E-state index contributed by atoms with van der Waals surface area (Å²) in [5, 5.41) is 3.00. The third kappa shape index (κ3) is 2.05. The van der Waals surface area contributed by atoms with E-state index in [9.17, 15) is 4.79 Å².